The van der Waals surface area contributed by atoms with Crippen LogP contribution in [0.25, 0.3) is 0 Å². The van der Waals surface area contributed by atoms with E-state index in [2.05, 4.69) is 15.9 Å². The SMILES string of the molecule is CN1Cc2c(Br)cccc2N(Cc2ccccc2)S1(=O)=O. The summed E-state index contributed by atoms with van der Waals surface area (Å²) in [6.45, 7) is 0.710. The molecule has 0 radical (unpaired) electrons. The fourth-order valence-corrected chi connectivity index (χ4v) is 4.29. The summed E-state index contributed by atoms with van der Waals surface area (Å²) in [5.74, 6) is 0. The summed E-state index contributed by atoms with van der Waals surface area (Å²) in [5, 5.41) is 0. The highest BCUT2D eigenvalue weighted by atomic mass is 79.9. The molecule has 1 aliphatic rings. The minimum atomic E-state index is -3.48. The van der Waals surface area contributed by atoms with Crippen LogP contribution in [-0.4, -0.2) is 19.8 Å². The molecule has 0 spiro atoms. The lowest BCUT2D eigenvalue weighted by Crippen LogP contribution is -2.45. The lowest BCUT2D eigenvalue weighted by atomic mass is 10.1. The normalized spacial score (nSPS) is 17.5. The molecule has 0 saturated heterocycles. The van der Waals surface area contributed by atoms with E-state index in [1.54, 1.807) is 7.05 Å². The fourth-order valence-electron chi connectivity index (χ4n) is 2.45. The molecule has 0 N–H and O–H groups in total. The van der Waals surface area contributed by atoms with Crippen LogP contribution in [0.3, 0.4) is 0 Å². The number of rotatable bonds is 2. The fraction of sp³-hybridized carbons (Fsp3) is 0.200. The Morgan fingerprint density at radius 3 is 2.52 bits per heavy atom. The molecule has 6 heteroatoms. The first-order chi connectivity index (χ1) is 10.00. The van der Waals surface area contributed by atoms with E-state index in [1.165, 1.54) is 8.61 Å². The zero-order valence-corrected chi connectivity index (χ0v) is 13.9. The minimum absolute atomic E-state index is 0.330. The molecule has 0 aliphatic carbocycles. The molecular formula is C15H15BrN2O2S. The van der Waals surface area contributed by atoms with Crippen molar-refractivity contribution in [2.45, 2.75) is 13.1 Å². The molecule has 21 heavy (non-hydrogen) atoms. The highest BCUT2D eigenvalue weighted by molar-refractivity contribution is 9.10. The van der Waals surface area contributed by atoms with Crippen LogP contribution in [0.5, 0.6) is 0 Å². The molecule has 0 aromatic heterocycles. The van der Waals surface area contributed by atoms with E-state index in [-0.39, 0.29) is 0 Å². The van der Waals surface area contributed by atoms with Gasteiger partial charge in [0.15, 0.2) is 0 Å². The smallest absolute Gasteiger partial charge is 0.253 e. The van der Waals surface area contributed by atoms with Gasteiger partial charge in [-0.2, -0.15) is 12.7 Å². The third-order valence-electron chi connectivity index (χ3n) is 3.58. The van der Waals surface area contributed by atoms with Gasteiger partial charge in [0.05, 0.1) is 12.2 Å². The molecule has 2 aromatic rings. The summed E-state index contributed by atoms with van der Waals surface area (Å²) >= 11 is 3.51. The number of halogens is 1. The first-order valence-corrected chi connectivity index (χ1v) is 8.74. The van der Waals surface area contributed by atoms with Crippen molar-refractivity contribution < 1.29 is 8.42 Å². The Morgan fingerprint density at radius 2 is 1.81 bits per heavy atom. The molecular weight excluding hydrogens is 352 g/mol. The van der Waals surface area contributed by atoms with Gasteiger partial charge in [-0.1, -0.05) is 52.3 Å². The quantitative estimate of drug-likeness (QED) is 0.818. The number of hydrogen-bond acceptors (Lipinski definition) is 2. The van der Waals surface area contributed by atoms with Crippen molar-refractivity contribution in [1.82, 2.24) is 4.31 Å². The second kappa shape index (κ2) is 5.44. The van der Waals surface area contributed by atoms with E-state index >= 15 is 0 Å². The number of hydrogen-bond donors (Lipinski definition) is 0. The Hall–Kier alpha value is -1.37. The number of anilines is 1. The van der Waals surface area contributed by atoms with Crippen LogP contribution in [-0.2, 0) is 23.3 Å². The molecule has 0 saturated carbocycles. The Morgan fingerprint density at radius 1 is 1.10 bits per heavy atom. The first-order valence-electron chi connectivity index (χ1n) is 6.55. The highest BCUT2D eigenvalue weighted by Crippen LogP contribution is 2.36. The van der Waals surface area contributed by atoms with E-state index < -0.39 is 10.2 Å². The van der Waals surface area contributed by atoms with Gasteiger partial charge in [0.25, 0.3) is 0 Å². The molecule has 0 unspecified atom stereocenters. The van der Waals surface area contributed by atoms with Gasteiger partial charge in [0.1, 0.15) is 0 Å². The van der Waals surface area contributed by atoms with Gasteiger partial charge >= 0.3 is 10.2 Å². The number of nitrogens with zero attached hydrogens (tertiary/aromatic N) is 2. The van der Waals surface area contributed by atoms with Crippen molar-refractivity contribution in [1.29, 1.82) is 0 Å². The Kier molecular flexibility index (Phi) is 3.77. The van der Waals surface area contributed by atoms with Gasteiger partial charge in [-0.05, 0) is 17.7 Å². The second-order valence-electron chi connectivity index (χ2n) is 4.99. The van der Waals surface area contributed by atoms with Crippen molar-refractivity contribution in [3.05, 3.63) is 64.1 Å². The average molecular weight is 367 g/mol. The standard InChI is InChI=1S/C15H15BrN2O2S/c1-17-11-13-14(16)8-5-9-15(13)18(21(17,19)20)10-12-6-3-2-4-7-12/h2-9H,10-11H2,1H3. The third-order valence-corrected chi connectivity index (χ3v) is 6.13. The topological polar surface area (TPSA) is 40.6 Å². The van der Waals surface area contributed by atoms with E-state index in [9.17, 15) is 8.42 Å². The molecule has 0 fully saturated rings. The van der Waals surface area contributed by atoms with Crippen LogP contribution in [0.4, 0.5) is 5.69 Å². The van der Waals surface area contributed by atoms with E-state index in [0.717, 1.165) is 21.3 Å². The van der Waals surface area contributed by atoms with Gasteiger partial charge in [0.2, 0.25) is 0 Å². The van der Waals surface area contributed by atoms with E-state index in [1.807, 2.05) is 48.5 Å². The molecule has 110 valence electrons. The van der Waals surface area contributed by atoms with Crippen LogP contribution in [0.1, 0.15) is 11.1 Å². The summed E-state index contributed by atoms with van der Waals surface area (Å²) < 4.78 is 29.0. The van der Waals surface area contributed by atoms with Crippen molar-refractivity contribution >= 4 is 31.8 Å². The summed E-state index contributed by atoms with van der Waals surface area (Å²) in [6.07, 6.45) is 0. The van der Waals surface area contributed by atoms with Gasteiger partial charge in [0, 0.05) is 23.6 Å². The van der Waals surface area contributed by atoms with Crippen molar-refractivity contribution in [3.8, 4) is 0 Å². The van der Waals surface area contributed by atoms with Crippen LogP contribution >= 0.6 is 15.9 Å². The van der Waals surface area contributed by atoms with Crippen molar-refractivity contribution in [2.75, 3.05) is 11.4 Å². The largest absolute Gasteiger partial charge is 0.304 e. The van der Waals surface area contributed by atoms with Crippen molar-refractivity contribution in [3.63, 3.8) is 0 Å². The molecule has 0 atom stereocenters. The molecule has 1 heterocycles. The van der Waals surface area contributed by atoms with E-state index in [0.29, 0.717) is 13.1 Å². The maximum Gasteiger partial charge on any atom is 0.304 e. The first kappa shape index (κ1) is 14.6. The van der Waals surface area contributed by atoms with E-state index in [4.69, 9.17) is 0 Å². The maximum atomic E-state index is 12.6. The summed E-state index contributed by atoms with van der Waals surface area (Å²) in [5.41, 5.74) is 2.69. The predicted molar refractivity (Wildman–Crippen MR) is 87.2 cm³/mol. The second-order valence-corrected chi connectivity index (χ2v) is 7.81. The van der Waals surface area contributed by atoms with Crippen LogP contribution < -0.4 is 4.31 Å². The molecule has 1 aliphatic heterocycles. The van der Waals surface area contributed by atoms with Gasteiger partial charge < -0.3 is 0 Å². The highest BCUT2D eigenvalue weighted by Gasteiger charge is 2.34. The Labute approximate surface area is 133 Å². The summed E-state index contributed by atoms with van der Waals surface area (Å²) in [7, 11) is -1.88. The average Bonchev–Trinajstić information content (AvgIpc) is 2.47. The van der Waals surface area contributed by atoms with Gasteiger partial charge in [-0.15, -0.1) is 0 Å². The monoisotopic (exact) mass is 366 g/mol. The zero-order chi connectivity index (χ0) is 15.0. The maximum absolute atomic E-state index is 12.6. The Bertz CT molecular complexity index is 762. The minimum Gasteiger partial charge on any atom is -0.253 e. The van der Waals surface area contributed by atoms with Crippen molar-refractivity contribution in [2.24, 2.45) is 0 Å². The van der Waals surface area contributed by atoms with Crippen LogP contribution in [0.15, 0.2) is 53.0 Å². The van der Waals surface area contributed by atoms with Gasteiger partial charge in [-0.3, -0.25) is 4.31 Å². The predicted octanol–water partition coefficient (Wildman–Crippen LogP) is 3.15. The Balaban J connectivity index is 2.10. The molecule has 4 nitrogen and oxygen atoms in total. The molecule has 3 rings (SSSR count). The number of benzene rings is 2. The summed E-state index contributed by atoms with van der Waals surface area (Å²) in [4.78, 5) is 0. The zero-order valence-electron chi connectivity index (χ0n) is 11.5. The summed E-state index contributed by atoms with van der Waals surface area (Å²) in [6, 6.07) is 15.3. The van der Waals surface area contributed by atoms with Crippen LogP contribution in [0, 0.1) is 0 Å². The molecule has 0 amide bonds. The lowest BCUT2D eigenvalue weighted by Gasteiger charge is -2.36. The van der Waals surface area contributed by atoms with Crippen LogP contribution in [0.2, 0.25) is 0 Å². The number of fused-ring (bicyclic) bond motifs is 1. The molecule has 2 aromatic carbocycles. The van der Waals surface area contributed by atoms with Gasteiger partial charge in [-0.25, -0.2) is 0 Å². The lowest BCUT2D eigenvalue weighted by molar-refractivity contribution is 0.453. The third kappa shape index (κ3) is 2.59. The molecule has 0 bridgehead atoms.